The summed E-state index contributed by atoms with van der Waals surface area (Å²) in [4.78, 5) is 3.73. The quantitative estimate of drug-likeness (QED) is 0.345. The SMILES string of the molecule is C=N/C(C)=C\C=C(/C)OCC. The third kappa shape index (κ3) is 5.40. The van der Waals surface area contributed by atoms with Crippen LogP contribution in [0.2, 0.25) is 0 Å². The van der Waals surface area contributed by atoms with E-state index in [0.717, 1.165) is 11.5 Å². The summed E-state index contributed by atoms with van der Waals surface area (Å²) in [5.74, 6) is 0.899. The molecule has 0 aliphatic carbocycles. The number of hydrogen-bond donors (Lipinski definition) is 0. The summed E-state index contributed by atoms with van der Waals surface area (Å²) in [6, 6.07) is 0. The molecule has 0 saturated carbocycles. The van der Waals surface area contributed by atoms with Crippen molar-refractivity contribution in [3.8, 4) is 0 Å². The minimum Gasteiger partial charge on any atom is -0.499 e. The molecule has 0 unspecified atom stereocenters. The van der Waals surface area contributed by atoms with Crippen molar-refractivity contribution in [2.45, 2.75) is 20.8 Å². The number of allylic oxidation sites excluding steroid dienone is 4. The molecule has 0 radical (unpaired) electrons. The smallest absolute Gasteiger partial charge is 0.0929 e. The molecule has 62 valence electrons. The molecule has 0 aromatic heterocycles. The largest absolute Gasteiger partial charge is 0.499 e. The van der Waals surface area contributed by atoms with Gasteiger partial charge in [-0.05, 0) is 39.6 Å². The molecule has 0 aromatic carbocycles. The summed E-state index contributed by atoms with van der Waals surface area (Å²) in [7, 11) is 0. The van der Waals surface area contributed by atoms with E-state index in [2.05, 4.69) is 11.7 Å². The van der Waals surface area contributed by atoms with Gasteiger partial charge in [0.1, 0.15) is 0 Å². The van der Waals surface area contributed by atoms with Crippen molar-refractivity contribution in [3.63, 3.8) is 0 Å². The average Bonchev–Trinajstić information content (AvgIpc) is 2.01. The van der Waals surface area contributed by atoms with Crippen molar-refractivity contribution < 1.29 is 4.74 Å². The normalized spacial score (nSPS) is 13.0. The van der Waals surface area contributed by atoms with Crippen molar-refractivity contribution in [1.82, 2.24) is 0 Å². The monoisotopic (exact) mass is 153 g/mol. The highest BCUT2D eigenvalue weighted by molar-refractivity contribution is 5.29. The van der Waals surface area contributed by atoms with Crippen LogP contribution in [0.25, 0.3) is 0 Å². The lowest BCUT2D eigenvalue weighted by molar-refractivity contribution is 0.231. The molecule has 0 spiro atoms. The second-order valence-electron chi connectivity index (χ2n) is 2.18. The van der Waals surface area contributed by atoms with E-state index in [0.29, 0.717) is 6.61 Å². The molecule has 2 heteroatoms. The van der Waals surface area contributed by atoms with Crippen molar-refractivity contribution in [2.24, 2.45) is 4.99 Å². The van der Waals surface area contributed by atoms with Crippen LogP contribution in [0, 0.1) is 0 Å². The van der Waals surface area contributed by atoms with E-state index < -0.39 is 0 Å². The fourth-order valence-corrected chi connectivity index (χ4v) is 0.566. The van der Waals surface area contributed by atoms with E-state index in [4.69, 9.17) is 4.74 Å². The first-order chi connectivity index (χ1) is 5.20. The zero-order chi connectivity index (χ0) is 8.69. The van der Waals surface area contributed by atoms with Crippen molar-refractivity contribution >= 4 is 6.72 Å². The van der Waals surface area contributed by atoms with Crippen LogP contribution in [0.1, 0.15) is 20.8 Å². The predicted molar refractivity (Wildman–Crippen MR) is 48.7 cm³/mol. The predicted octanol–water partition coefficient (Wildman–Crippen LogP) is 2.53. The number of ether oxygens (including phenoxy) is 1. The van der Waals surface area contributed by atoms with Gasteiger partial charge in [0, 0.05) is 5.70 Å². The molecule has 2 nitrogen and oxygen atoms in total. The van der Waals surface area contributed by atoms with Gasteiger partial charge in [-0.15, -0.1) is 0 Å². The third-order valence-electron chi connectivity index (χ3n) is 1.18. The number of rotatable bonds is 4. The Morgan fingerprint density at radius 3 is 2.55 bits per heavy atom. The molecule has 0 N–H and O–H groups in total. The minimum absolute atomic E-state index is 0.705. The molecule has 0 saturated heterocycles. The highest BCUT2D eigenvalue weighted by Crippen LogP contribution is 1.98. The van der Waals surface area contributed by atoms with Gasteiger partial charge in [-0.1, -0.05) is 0 Å². The highest BCUT2D eigenvalue weighted by Gasteiger charge is 1.83. The second kappa shape index (κ2) is 5.71. The summed E-state index contributed by atoms with van der Waals surface area (Å²) in [5, 5.41) is 0. The average molecular weight is 153 g/mol. The molecule has 0 amide bonds. The maximum absolute atomic E-state index is 5.19. The number of aliphatic imine (C=N–C) groups is 1. The molecular formula is C9H15NO. The lowest BCUT2D eigenvalue weighted by Crippen LogP contribution is -1.84. The van der Waals surface area contributed by atoms with Crippen LogP contribution in [0.5, 0.6) is 0 Å². The second-order valence-corrected chi connectivity index (χ2v) is 2.18. The molecule has 0 aliphatic rings. The van der Waals surface area contributed by atoms with E-state index in [1.54, 1.807) is 0 Å². The maximum Gasteiger partial charge on any atom is 0.0929 e. The Kier molecular flexibility index (Phi) is 5.17. The van der Waals surface area contributed by atoms with Crippen LogP contribution < -0.4 is 0 Å². The first-order valence-corrected chi connectivity index (χ1v) is 3.65. The van der Waals surface area contributed by atoms with Crippen LogP contribution in [0.4, 0.5) is 0 Å². The molecule has 0 heterocycles. The van der Waals surface area contributed by atoms with Gasteiger partial charge >= 0.3 is 0 Å². The first-order valence-electron chi connectivity index (χ1n) is 3.65. The van der Waals surface area contributed by atoms with E-state index in [9.17, 15) is 0 Å². The Bertz CT molecular complexity index is 180. The molecule has 0 aliphatic heterocycles. The van der Waals surface area contributed by atoms with Crippen LogP contribution in [-0.2, 0) is 4.74 Å². The molecular weight excluding hydrogens is 138 g/mol. The Labute approximate surface area is 68.3 Å². The maximum atomic E-state index is 5.19. The fraction of sp³-hybridized carbons (Fsp3) is 0.444. The van der Waals surface area contributed by atoms with Crippen LogP contribution in [0.15, 0.2) is 28.6 Å². The van der Waals surface area contributed by atoms with E-state index in [1.165, 1.54) is 0 Å². The van der Waals surface area contributed by atoms with Gasteiger partial charge in [-0.3, -0.25) is 4.99 Å². The van der Waals surface area contributed by atoms with Gasteiger partial charge in [0.25, 0.3) is 0 Å². The Morgan fingerprint density at radius 1 is 1.45 bits per heavy atom. The van der Waals surface area contributed by atoms with Gasteiger partial charge in [-0.2, -0.15) is 0 Å². The molecule has 0 bridgehead atoms. The summed E-state index contributed by atoms with van der Waals surface area (Å²) >= 11 is 0. The van der Waals surface area contributed by atoms with Crippen molar-refractivity contribution in [3.05, 3.63) is 23.6 Å². The van der Waals surface area contributed by atoms with Gasteiger partial charge in [-0.25, -0.2) is 0 Å². The van der Waals surface area contributed by atoms with Crippen LogP contribution in [0.3, 0.4) is 0 Å². The third-order valence-corrected chi connectivity index (χ3v) is 1.18. The topological polar surface area (TPSA) is 21.6 Å². The Morgan fingerprint density at radius 2 is 2.09 bits per heavy atom. The summed E-state index contributed by atoms with van der Waals surface area (Å²) in [6.07, 6.45) is 3.76. The van der Waals surface area contributed by atoms with Crippen LogP contribution >= 0.6 is 0 Å². The van der Waals surface area contributed by atoms with Crippen LogP contribution in [-0.4, -0.2) is 13.3 Å². The molecule has 0 rings (SSSR count). The Hall–Kier alpha value is -1.05. The van der Waals surface area contributed by atoms with Crippen molar-refractivity contribution in [2.75, 3.05) is 6.61 Å². The fourth-order valence-electron chi connectivity index (χ4n) is 0.566. The number of hydrogen-bond acceptors (Lipinski definition) is 2. The zero-order valence-corrected chi connectivity index (χ0v) is 7.42. The lowest BCUT2D eigenvalue weighted by Gasteiger charge is -1.99. The molecule has 0 fully saturated rings. The Balaban J connectivity index is 3.99. The summed E-state index contributed by atoms with van der Waals surface area (Å²) in [5.41, 5.74) is 0.893. The van der Waals surface area contributed by atoms with Gasteiger partial charge in [0.05, 0.1) is 12.4 Å². The molecule has 0 atom stereocenters. The van der Waals surface area contributed by atoms with Gasteiger partial charge in [0.2, 0.25) is 0 Å². The highest BCUT2D eigenvalue weighted by atomic mass is 16.5. The van der Waals surface area contributed by atoms with Gasteiger partial charge in [0.15, 0.2) is 0 Å². The summed E-state index contributed by atoms with van der Waals surface area (Å²) < 4.78 is 5.19. The van der Waals surface area contributed by atoms with Gasteiger partial charge < -0.3 is 4.74 Å². The zero-order valence-electron chi connectivity index (χ0n) is 7.42. The first kappa shape index (κ1) is 9.95. The van der Waals surface area contributed by atoms with Crippen molar-refractivity contribution in [1.29, 1.82) is 0 Å². The molecule has 0 aromatic rings. The lowest BCUT2D eigenvalue weighted by atomic mass is 10.4. The standard InChI is InChI=1S/C9H15NO/c1-5-11-9(3)7-6-8(2)10-4/h6-7H,4-5H2,1-3H3/b8-6-,9-7+. The van der Waals surface area contributed by atoms with E-state index >= 15 is 0 Å². The van der Waals surface area contributed by atoms with E-state index in [-0.39, 0.29) is 0 Å². The van der Waals surface area contributed by atoms with E-state index in [1.807, 2.05) is 32.9 Å². The summed E-state index contributed by atoms with van der Waals surface area (Å²) in [6.45, 7) is 9.86. The number of nitrogens with zero attached hydrogens (tertiary/aromatic N) is 1. The minimum atomic E-state index is 0.705. The molecule has 11 heavy (non-hydrogen) atoms.